The first kappa shape index (κ1) is 21.0. The van der Waals surface area contributed by atoms with Gasteiger partial charge in [-0.2, -0.15) is 0 Å². The lowest BCUT2D eigenvalue weighted by molar-refractivity contribution is -0.901. The van der Waals surface area contributed by atoms with E-state index in [-0.39, 0.29) is 24.9 Å². The Morgan fingerprint density at radius 2 is 1.55 bits per heavy atom. The number of benzene rings is 1. The van der Waals surface area contributed by atoms with Crippen molar-refractivity contribution in [2.75, 3.05) is 26.2 Å². The summed E-state index contributed by atoms with van der Waals surface area (Å²) in [7, 11) is 0. The van der Waals surface area contributed by atoms with Crippen LogP contribution >= 0.6 is 11.3 Å². The Morgan fingerprint density at radius 1 is 0.862 bits per heavy atom. The first-order valence-corrected chi connectivity index (χ1v) is 10.8. The number of thiophene rings is 1. The molecule has 1 aromatic heterocycles. The van der Waals surface area contributed by atoms with Crippen molar-refractivity contribution in [2.24, 2.45) is 0 Å². The molecule has 0 bridgehead atoms. The van der Waals surface area contributed by atoms with Crippen LogP contribution in [0.2, 0.25) is 0 Å². The zero-order chi connectivity index (χ0) is 20.5. The van der Waals surface area contributed by atoms with E-state index >= 15 is 0 Å². The normalized spacial score (nSPS) is 13.8. The van der Waals surface area contributed by atoms with Crippen LogP contribution in [-0.2, 0) is 22.7 Å². The molecule has 0 spiro atoms. The number of rotatable bonds is 9. The van der Waals surface area contributed by atoms with E-state index in [1.165, 1.54) is 42.8 Å². The highest BCUT2D eigenvalue weighted by Gasteiger charge is 2.17. The van der Waals surface area contributed by atoms with E-state index in [2.05, 4.69) is 22.0 Å². The Kier molecular flexibility index (Phi) is 7.77. The maximum absolute atomic E-state index is 12.1. The molecule has 2 aromatic rings. The molecule has 4 N–H and O–H groups in total. The summed E-state index contributed by atoms with van der Waals surface area (Å²) in [6.45, 7) is 3.55. The van der Waals surface area contributed by atoms with Crippen LogP contribution in [0.15, 0.2) is 41.8 Å². The van der Waals surface area contributed by atoms with Crippen LogP contribution in [0.3, 0.4) is 0 Å². The summed E-state index contributed by atoms with van der Waals surface area (Å²) in [6.07, 6.45) is 2.56. The van der Waals surface area contributed by atoms with Gasteiger partial charge in [0.15, 0.2) is 0 Å². The SMILES string of the molecule is O=C(CNC(=O)CNC(=O)c1cccs1)NCc1ccccc1C[NH+]1CCCC1. The maximum Gasteiger partial charge on any atom is 0.261 e. The Hall–Kier alpha value is -2.71. The van der Waals surface area contributed by atoms with Crippen molar-refractivity contribution in [1.29, 1.82) is 0 Å². The molecule has 0 aliphatic carbocycles. The second kappa shape index (κ2) is 10.7. The van der Waals surface area contributed by atoms with E-state index in [1.54, 1.807) is 22.4 Å². The van der Waals surface area contributed by atoms with Crippen molar-refractivity contribution in [2.45, 2.75) is 25.9 Å². The summed E-state index contributed by atoms with van der Waals surface area (Å²) in [5, 5.41) is 9.71. The fourth-order valence-corrected chi connectivity index (χ4v) is 4.02. The maximum atomic E-state index is 12.1. The molecule has 8 heteroatoms. The highest BCUT2D eigenvalue weighted by atomic mass is 32.1. The van der Waals surface area contributed by atoms with E-state index in [0.717, 1.165) is 12.1 Å². The highest BCUT2D eigenvalue weighted by Crippen LogP contribution is 2.08. The molecule has 1 aromatic carbocycles. The van der Waals surface area contributed by atoms with Crippen molar-refractivity contribution in [3.8, 4) is 0 Å². The summed E-state index contributed by atoms with van der Waals surface area (Å²) in [4.78, 5) is 37.9. The molecule has 1 saturated heterocycles. The monoisotopic (exact) mass is 415 g/mol. The number of likely N-dealkylation sites (tertiary alicyclic amines) is 1. The molecule has 29 heavy (non-hydrogen) atoms. The van der Waals surface area contributed by atoms with Crippen LogP contribution in [0.1, 0.15) is 33.6 Å². The Labute approximate surface area is 174 Å². The number of nitrogens with one attached hydrogen (secondary N) is 4. The summed E-state index contributed by atoms with van der Waals surface area (Å²) < 4.78 is 0. The first-order valence-electron chi connectivity index (χ1n) is 9.87. The number of amides is 3. The van der Waals surface area contributed by atoms with Gasteiger partial charge in [0, 0.05) is 24.9 Å². The fraction of sp³-hybridized carbons (Fsp3) is 0.381. The van der Waals surface area contributed by atoms with Gasteiger partial charge in [0.05, 0.1) is 31.1 Å². The quantitative estimate of drug-likeness (QED) is 0.468. The average molecular weight is 416 g/mol. The van der Waals surface area contributed by atoms with Crippen molar-refractivity contribution < 1.29 is 19.3 Å². The van der Waals surface area contributed by atoms with Gasteiger partial charge < -0.3 is 20.9 Å². The van der Waals surface area contributed by atoms with Gasteiger partial charge in [-0.15, -0.1) is 11.3 Å². The van der Waals surface area contributed by atoms with Gasteiger partial charge in [-0.3, -0.25) is 14.4 Å². The van der Waals surface area contributed by atoms with Gasteiger partial charge in [-0.25, -0.2) is 0 Å². The summed E-state index contributed by atoms with van der Waals surface area (Å²) in [5.41, 5.74) is 2.36. The standard InChI is InChI=1S/C21H26N4O3S/c26-19(13-23-20(27)14-24-21(28)18-8-5-11-29-18)22-12-16-6-1-2-7-17(16)15-25-9-3-4-10-25/h1-2,5-8,11H,3-4,9-10,12-15H2,(H,22,26)(H,23,27)(H,24,28)/p+1. The van der Waals surface area contributed by atoms with E-state index in [9.17, 15) is 14.4 Å². The van der Waals surface area contributed by atoms with Crippen molar-refractivity contribution in [3.05, 3.63) is 57.8 Å². The van der Waals surface area contributed by atoms with E-state index in [4.69, 9.17) is 0 Å². The molecule has 7 nitrogen and oxygen atoms in total. The van der Waals surface area contributed by atoms with E-state index in [0.29, 0.717) is 11.4 Å². The highest BCUT2D eigenvalue weighted by molar-refractivity contribution is 7.12. The van der Waals surface area contributed by atoms with Crippen LogP contribution in [0.4, 0.5) is 0 Å². The Balaban J connectivity index is 1.37. The summed E-state index contributed by atoms with van der Waals surface area (Å²) in [6, 6.07) is 11.6. The molecule has 0 saturated carbocycles. The average Bonchev–Trinajstić information content (AvgIpc) is 3.44. The van der Waals surface area contributed by atoms with Crippen LogP contribution in [0.5, 0.6) is 0 Å². The molecule has 1 fully saturated rings. The van der Waals surface area contributed by atoms with Gasteiger partial charge >= 0.3 is 0 Å². The number of hydrogen-bond donors (Lipinski definition) is 4. The predicted molar refractivity (Wildman–Crippen MR) is 112 cm³/mol. The Bertz CT molecular complexity index is 832. The topological polar surface area (TPSA) is 91.7 Å². The third-order valence-corrected chi connectivity index (χ3v) is 5.81. The van der Waals surface area contributed by atoms with E-state index in [1.807, 2.05) is 18.2 Å². The number of hydrogen-bond acceptors (Lipinski definition) is 4. The second-order valence-corrected chi connectivity index (χ2v) is 8.06. The molecule has 1 aliphatic heterocycles. The molecule has 0 atom stereocenters. The second-order valence-electron chi connectivity index (χ2n) is 7.12. The third-order valence-electron chi connectivity index (χ3n) is 4.95. The molecule has 3 amide bonds. The molecular weight excluding hydrogens is 388 g/mol. The van der Waals surface area contributed by atoms with E-state index < -0.39 is 5.91 Å². The van der Waals surface area contributed by atoms with Gasteiger partial charge in [0.2, 0.25) is 11.8 Å². The minimum absolute atomic E-state index is 0.118. The molecule has 1 aliphatic rings. The van der Waals surface area contributed by atoms with Crippen LogP contribution in [-0.4, -0.2) is 43.9 Å². The molecule has 3 rings (SSSR count). The number of carbonyl (C=O) groups is 3. The lowest BCUT2D eigenvalue weighted by Gasteiger charge is -2.15. The smallest absolute Gasteiger partial charge is 0.261 e. The van der Waals surface area contributed by atoms with Crippen LogP contribution in [0.25, 0.3) is 0 Å². The van der Waals surface area contributed by atoms with Crippen LogP contribution < -0.4 is 20.9 Å². The van der Waals surface area contributed by atoms with Gasteiger partial charge in [-0.05, 0) is 17.0 Å². The van der Waals surface area contributed by atoms with Crippen molar-refractivity contribution in [3.63, 3.8) is 0 Å². The van der Waals surface area contributed by atoms with Crippen molar-refractivity contribution in [1.82, 2.24) is 16.0 Å². The van der Waals surface area contributed by atoms with Crippen LogP contribution in [0, 0.1) is 0 Å². The molecule has 0 radical (unpaired) electrons. The molecular formula is C21H27N4O3S+. The fourth-order valence-electron chi connectivity index (χ4n) is 3.38. The third kappa shape index (κ3) is 6.69. The minimum Gasteiger partial charge on any atom is -0.350 e. The Morgan fingerprint density at radius 3 is 2.28 bits per heavy atom. The molecule has 0 unspecified atom stereocenters. The van der Waals surface area contributed by atoms with Crippen molar-refractivity contribution >= 4 is 29.1 Å². The minimum atomic E-state index is -0.400. The lowest BCUT2D eigenvalue weighted by atomic mass is 10.1. The predicted octanol–water partition coefficient (Wildman–Crippen LogP) is 0.0892. The molecule has 154 valence electrons. The largest absolute Gasteiger partial charge is 0.350 e. The zero-order valence-electron chi connectivity index (χ0n) is 16.3. The van der Waals surface area contributed by atoms with Gasteiger partial charge in [-0.1, -0.05) is 30.3 Å². The number of quaternary nitrogens is 1. The zero-order valence-corrected chi connectivity index (χ0v) is 17.1. The van der Waals surface area contributed by atoms with Gasteiger partial charge in [0.1, 0.15) is 6.54 Å². The molecule has 2 heterocycles. The summed E-state index contributed by atoms with van der Waals surface area (Å²) in [5.74, 6) is -0.953. The summed E-state index contributed by atoms with van der Waals surface area (Å²) >= 11 is 1.31. The number of carbonyl (C=O) groups excluding carboxylic acids is 3. The van der Waals surface area contributed by atoms with Gasteiger partial charge in [0.25, 0.3) is 5.91 Å². The first-order chi connectivity index (χ1) is 14.1. The lowest BCUT2D eigenvalue weighted by Crippen LogP contribution is -3.08.